The highest BCUT2D eigenvalue weighted by Gasteiger charge is 2.27. The second-order valence-electron chi connectivity index (χ2n) is 7.90. The van der Waals surface area contributed by atoms with Gasteiger partial charge in [-0.25, -0.2) is 4.98 Å². The van der Waals surface area contributed by atoms with Crippen molar-refractivity contribution in [2.45, 2.75) is 13.0 Å². The highest BCUT2D eigenvalue weighted by molar-refractivity contribution is 6.04. The average molecular weight is 425 g/mol. The van der Waals surface area contributed by atoms with Gasteiger partial charge in [0, 0.05) is 39.1 Å². The number of carbonyl (C=O) groups excluding carboxylic acids is 2. The molecule has 0 bridgehead atoms. The van der Waals surface area contributed by atoms with Crippen molar-refractivity contribution in [3.05, 3.63) is 47.9 Å². The van der Waals surface area contributed by atoms with Crippen LogP contribution in [0.4, 0.5) is 11.5 Å². The van der Waals surface area contributed by atoms with Gasteiger partial charge in [0.15, 0.2) is 5.82 Å². The molecule has 2 aliphatic heterocycles. The van der Waals surface area contributed by atoms with Crippen molar-refractivity contribution in [1.82, 2.24) is 20.2 Å². The maximum atomic E-state index is 12.8. The Balaban J connectivity index is 1.41. The lowest BCUT2D eigenvalue weighted by molar-refractivity contribution is -0.117. The van der Waals surface area contributed by atoms with E-state index in [1.165, 1.54) is 0 Å². The lowest BCUT2D eigenvalue weighted by Gasteiger charge is -2.29. The minimum atomic E-state index is -0.179. The van der Waals surface area contributed by atoms with Crippen molar-refractivity contribution in [1.29, 1.82) is 0 Å². The fourth-order valence-electron chi connectivity index (χ4n) is 3.98. The molecule has 1 unspecified atom stereocenters. The van der Waals surface area contributed by atoms with E-state index in [-0.39, 0.29) is 18.4 Å². The van der Waals surface area contributed by atoms with Gasteiger partial charge >= 0.3 is 0 Å². The molecule has 2 amide bonds. The molecule has 2 aliphatic rings. The number of nitrogens with zero attached hydrogens (tertiary/aromatic N) is 4. The summed E-state index contributed by atoms with van der Waals surface area (Å²) >= 11 is 0. The first-order chi connectivity index (χ1) is 15.1. The zero-order chi connectivity index (χ0) is 21.6. The Morgan fingerprint density at radius 3 is 3.06 bits per heavy atom. The predicted octanol–water partition coefficient (Wildman–Crippen LogP) is 1.13. The fourth-order valence-corrected chi connectivity index (χ4v) is 3.98. The fraction of sp³-hybridized carbons (Fsp3) is 0.455. The van der Waals surface area contributed by atoms with Crippen LogP contribution in [0.25, 0.3) is 0 Å². The number of carbonyl (C=O) groups is 2. The summed E-state index contributed by atoms with van der Waals surface area (Å²) < 4.78 is 5.14. The molecule has 2 N–H and O–H groups in total. The Morgan fingerprint density at radius 1 is 1.35 bits per heavy atom. The van der Waals surface area contributed by atoms with Gasteiger partial charge in [-0.1, -0.05) is 6.07 Å². The van der Waals surface area contributed by atoms with Gasteiger partial charge in [-0.15, -0.1) is 0 Å². The van der Waals surface area contributed by atoms with Crippen LogP contribution in [0.3, 0.4) is 0 Å². The molecule has 1 fully saturated rings. The number of methoxy groups -OCH3 is 1. The van der Waals surface area contributed by atoms with Gasteiger partial charge in [0.25, 0.3) is 5.91 Å². The molecular formula is C22H28N6O3. The molecule has 1 atom stereocenters. The molecule has 0 aromatic carbocycles. The molecule has 0 aliphatic carbocycles. The van der Waals surface area contributed by atoms with Crippen LogP contribution in [-0.2, 0) is 16.1 Å². The van der Waals surface area contributed by atoms with E-state index in [0.29, 0.717) is 36.1 Å². The number of fused-ring (bicyclic) bond motifs is 1. The maximum absolute atomic E-state index is 12.8. The molecule has 1 saturated heterocycles. The summed E-state index contributed by atoms with van der Waals surface area (Å²) in [7, 11) is 1.71. The molecule has 4 rings (SSSR count). The van der Waals surface area contributed by atoms with E-state index < -0.39 is 0 Å². The number of anilines is 2. The normalized spacial score (nSPS) is 18.5. The van der Waals surface area contributed by atoms with Crippen LogP contribution >= 0.6 is 0 Å². The molecule has 31 heavy (non-hydrogen) atoms. The second kappa shape index (κ2) is 9.84. The van der Waals surface area contributed by atoms with Gasteiger partial charge in [-0.3, -0.25) is 14.6 Å². The molecule has 2 aromatic rings. The molecule has 2 aromatic heterocycles. The molecule has 0 radical (unpaired) electrons. The van der Waals surface area contributed by atoms with E-state index in [1.807, 2.05) is 18.2 Å². The van der Waals surface area contributed by atoms with Crippen LogP contribution in [0.5, 0.6) is 0 Å². The second-order valence-corrected chi connectivity index (χ2v) is 7.90. The van der Waals surface area contributed by atoms with Crippen molar-refractivity contribution < 1.29 is 14.3 Å². The number of amides is 2. The molecule has 0 spiro atoms. The zero-order valence-corrected chi connectivity index (χ0v) is 17.7. The van der Waals surface area contributed by atoms with Gasteiger partial charge in [0.2, 0.25) is 5.91 Å². The van der Waals surface area contributed by atoms with Crippen molar-refractivity contribution in [3.8, 4) is 0 Å². The van der Waals surface area contributed by atoms with Crippen molar-refractivity contribution in [2.24, 2.45) is 5.92 Å². The van der Waals surface area contributed by atoms with Crippen molar-refractivity contribution in [3.63, 3.8) is 0 Å². The molecule has 164 valence electrons. The van der Waals surface area contributed by atoms with E-state index in [4.69, 9.17) is 4.74 Å². The van der Waals surface area contributed by atoms with Gasteiger partial charge in [0.1, 0.15) is 0 Å². The third-order valence-corrected chi connectivity index (χ3v) is 5.71. The monoisotopic (exact) mass is 424 g/mol. The van der Waals surface area contributed by atoms with Crippen LogP contribution in [-0.4, -0.2) is 73.1 Å². The smallest absolute Gasteiger partial charge is 0.252 e. The van der Waals surface area contributed by atoms with Gasteiger partial charge in [-0.05, 0) is 37.1 Å². The summed E-state index contributed by atoms with van der Waals surface area (Å²) in [6.45, 7) is 4.75. The Labute approximate surface area is 181 Å². The SMILES string of the molecule is COCCN1CCC(CNC(=O)c2cnc3c(c2)N(Cc2ccccn2)C(=O)CN3)C1. The summed E-state index contributed by atoms with van der Waals surface area (Å²) in [5, 5.41) is 6.05. The number of likely N-dealkylation sites (tertiary alicyclic amines) is 1. The van der Waals surface area contributed by atoms with Crippen molar-refractivity contribution >= 4 is 23.3 Å². The van der Waals surface area contributed by atoms with Gasteiger partial charge in [-0.2, -0.15) is 0 Å². The summed E-state index contributed by atoms with van der Waals surface area (Å²) in [6.07, 6.45) is 4.31. The lowest BCUT2D eigenvalue weighted by Crippen LogP contribution is -2.40. The molecule has 4 heterocycles. The van der Waals surface area contributed by atoms with Crippen LogP contribution < -0.4 is 15.5 Å². The molecular weight excluding hydrogens is 396 g/mol. The highest BCUT2D eigenvalue weighted by atomic mass is 16.5. The van der Waals surface area contributed by atoms with E-state index in [9.17, 15) is 9.59 Å². The largest absolute Gasteiger partial charge is 0.383 e. The van der Waals surface area contributed by atoms with E-state index in [2.05, 4.69) is 25.5 Å². The number of hydrogen-bond acceptors (Lipinski definition) is 7. The van der Waals surface area contributed by atoms with Crippen LogP contribution in [0.15, 0.2) is 36.7 Å². The first kappa shape index (κ1) is 21.2. The number of rotatable bonds is 8. The Bertz CT molecular complexity index is 923. The quantitative estimate of drug-likeness (QED) is 0.655. The third-order valence-electron chi connectivity index (χ3n) is 5.71. The first-order valence-electron chi connectivity index (χ1n) is 10.6. The molecule has 9 nitrogen and oxygen atoms in total. The number of ether oxygens (including phenoxy) is 1. The van der Waals surface area contributed by atoms with Crippen LogP contribution in [0, 0.1) is 5.92 Å². The summed E-state index contributed by atoms with van der Waals surface area (Å²) in [5.41, 5.74) is 1.81. The molecule has 0 saturated carbocycles. The third kappa shape index (κ3) is 5.18. The van der Waals surface area contributed by atoms with Gasteiger partial charge < -0.3 is 25.2 Å². The highest BCUT2D eigenvalue weighted by Crippen LogP contribution is 2.29. The van der Waals surface area contributed by atoms with E-state index in [0.717, 1.165) is 38.4 Å². The van der Waals surface area contributed by atoms with Crippen LogP contribution in [0.1, 0.15) is 22.5 Å². The topological polar surface area (TPSA) is 99.7 Å². The lowest BCUT2D eigenvalue weighted by atomic mass is 10.1. The average Bonchev–Trinajstić information content (AvgIpc) is 3.26. The standard InChI is InChI=1S/C22H28N6O3/c1-31-9-8-27-7-5-16(14-27)11-26-22(30)17-10-19-21(24-12-17)25-13-20(29)28(19)15-18-4-2-3-6-23-18/h2-4,6,10,12,16H,5,7-9,11,13-15H2,1H3,(H,24,25)(H,26,30). The van der Waals surface area contributed by atoms with Gasteiger partial charge in [0.05, 0.1) is 36.6 Å². The molecule has 9 heteroatoms. The van der Waals surface area contributed by atoms with Crippen LogP contribution in [0.2, 0.25) is 0 Å². The van der Waals surface area contributed by atoms with Crippen molar-refractivity contribution in [2.75, 3.05) is 56.7 Å². The summed E-state index contributed by atoms with van der Waals surface area (Å²) in [6, 6.07) is 7.32. The van der Waals surface area contributed by atoms with E-state index in [1.54, 1.807) is 30.5 Å². The first-order valence-corrected chi connectivity index (χ1v) is 10.6. The number of hydrogen-bond donors (Lipinski definition) is 2. The number of pyridine rings is 2. The summed E-state index contributed by atoms with van der Waals surface area (Å²) in [4.78, 5) is 38.0. The Kier molecular flexibility index (Phi) is 6.73. The minimum absolute atomic E-state index is 0.0837. The zero-order valence-electron chi connectivity index (χ0n) is 17.7. The Morgan fingerprint density at radius 2 is 2.26 bits per heavy atom. The number of aromatic nitrogens is 2. The predicted molar refractivity (Wildman–Crippen MR) is 117 cm³/mol. The van der Waals surface area contributed by atoms with E-state index >= 15 is 0 Å². The Hall–Kier alpha value is -3.04. The minimum Gasteiger partial charge on any atom is -0.383 e. The maximum Gasteiger partial charge on any atom is 0.252 e. The summed E-state index contributed by atoms with van der Waals surface area (Å²) in [5.74, 6) is 0.757. The number of nitrogens with one attached hydrogen (secondary N) is 2.